The minimum absolute atomic E-state index is 0. The fourth-order valence-corrected chi connectivity index (χ4v) is 1.81. The molecule has 0 fully saturated rings. The van der Waals surface area contributed by atoms with E-state index in [0.717, 1.165) is 29.2 Å². The van der Waals surface area contributed by atoms with E-state index >= 15 is 0 Å². The number of rotatable bonds is 4. The van der Waals surface area contributed by atoms with Crippen LogP contribution in [-0.2, 0) is 13.6 Å². The van der Waals surface area contributed by atoms with E-state index in [1.54, 1.807) is 11.8 Å². The molecule has 18 heavy (non-hydrogen) atoms. The number of aromatic nitrogens is 2. The Morgan fingerprint density at radius 1 is 1.33 bits per heavy atom. The molecule has 0 aliphatic heterocycles. The Labute approximate surface area is 113 Å². The quantitative estimate of drug-likeness (QED) is 0.926. The van der Waals surface area contributed by atoms with Crippen LogP contribution in [0.4, 0.5) is 5.69 Å². The van der Waals surface area contributed by atoms with Gasteiger partial charge in [-0.15, -0.1) is 12.4 Å². The van der Waals surface area contributed by atoms with Crippen LogP contribution in [0.15, 0.2) is 30.5 Å². The fraction of sp³-hybridized carbons (Fsp3) is 0.308. The number of halogens is 1. The monoisotopic (exact) mass is 267 g/mol. The highest BCUT2D eigenvalue weighted by Crippen LogP contribution is 2.19. The van der Waals surface area contributed by atoms with Crippen LogP contribution in [-0.4, -0.2) is 16.9 Å². The maximum Gasteiger partial charge on any atom is 0.123 e. The predicted molar refractivity (Wildman–Crippen MR) is 75.5 cm³/mol. The molecular weight excluding hydrogens is 250 g/mol. The lowest BCUT2D eigenvalue weighted by atomic mass is 10.2. The molecule has 0 amide bonds. The van der Waals surface area contributed by atoms with E-state index in [9.17, 15) is 0 Å². The van der Waals surface area contributed by atoms with Crippen LogP contribution in [0, 0.1) is 6.92 Å². The van der Waals surface area contributed by atoms with Gasteiger partial charge in [0.15, 0.2) is 0 Å². The Bertz CT molecular complexity index is 511. The number of methoxy groups -OCH3 is 1. The number of hydrogen-bond acceptors (Lipinski definition) is 3. The van der Waals surface area contributed by atoms with E-state index in [1.165, 1.54) is 0 Å². The number of para-hydroxylation sites is 1. The van der Waals surface area contributed by atoms with Crippen LogP contribution in [0.25, 0.3) is 0 Å². The maximum absolute atomic E-state index is 5.31. The van der Waals surface area contributed by atoms with Gasteiger partial charge in [0.1, 0.15) is 5.75 Å². The number of anilines is 1. The second-order valence-electron chi connectivity index (χ2n) is 3.97. The number of ether oxygens (including phenoxy) is 1. The zero-order valence-electron chi connectivity index (χ0n) is 10.8. The molecule has 1 aromatic heterocycles. The van der Waals surface area contributed by atoms with Gasteiger partial charge in [-0.2, -0.15) is 5.10 Å². The summed E-state index contributed by atoms with van der Waals surface area (Å²) in [5.41, 5.74) is 3.19. The summed E-state index contributed by atoms with van der Waals surface area (Å²) in [6.07, 6.45) is 1.98. The normalized spacial score (nSPS) is 9.72. The van der Waals surface area contributed by atoms with Gasteiger partial charge >= 0.3 is 0 Å². The number of hydrogen-bond donors (Lipinski definition) is 1. The molecular formula is C13H18ClN3O. The molecule has 0 saturated carbocycles. The molecule has 2 rings (SSSR count). The minimum atomic E-state index is 0. The Kier molecular flexibility index (Phi) is 5.04. The van der Waals surface area contributed by atoms with Crippen molar-refractivity contribution in [2.75, 3.05) is 12.4 Å². The standard InChI is InChI=1S/C13H17N3O.ClH/c1-10-12(9-16(2)15-10)14-8-11-6-4-5-7-13(11)17-3;/h4-7,9,14H,8H2,1-3H3;1H. The Morgan fingerprint density at radius 3 is 2.67 bits per heavy atom. The van der Waals surface area contributed by atoms with Crippen molar-refractivity contribution in [3.05, 3.63) is 41.7 Å². The molecule has 5 heteroatoms. The minimum Gasteiger partial charge on any atom is -0.496 e. The predicted octanol–water partition coefficient (Wildman–Crippen LogP) is 2.77. The number of benzene rings is 1. The zero-order chi connectivity index (χ0) is 12.3. The van der Waals surface area contributed by atoms with Gasteiger partial charge in [-0.1, -0.05) is 18.2 Å². The SMILES string of the molecule is COc1ccccc1CNc1cn(C)nc1C.Cl. The van der Waals surface area contributed by atoms with Crippen molar-refractivity contribution in [2.45, 2.75) is 13.5 Å². The molecule has 0 unspecified atom stereocenters. The van der Waals surface area contributed by atoms with Crippen molar-refractivity contribution < 1.29 is 4.74 Å². The van der Waals surface area contributed by atoms with Gasteiger partial charge in [-0.25, -0.2) is 0 Å². The third kappa shape index (κ3) is 3.17. The van der Waals surface area contributed by atoms with Crippen molar-refractivity contribution >= 4 is 18.1 Å². The van der Waals surface area contributed by atoms with Crippen molar-refractivity contribution in [3.8, 4) is 5.75 Å². The molecule has 0 aliphatic rings. The van der Waals surface area contributed by atoms with E-state index in [4.69, 9.17) is 4.74 Å². The summed E-state index contributed by atoms with van der Waals surface area (Å²) in [6.45, 7) is 2.72. The first-order valence-corrected chi connectivity index (χ1v) is 5.56. The van der Waals surface area contributed by atoms with Crippen molar-refractivity contribution in [2.24, 2.45) is 7.05 Å². The van der Waals surface area contributed by atoms with Crippen LogP contribution < -0.4 is 10.1 Å². The summed E-state index contributed by atoms with van der Waals surface area (Å²) in [5, 5.41) is 7.65. The van der Waals surface area contributed by atoms with Gasteiger partial charge in [-0.3, -0.25) is 4.68 Å². The molecule has 0 bridgehead atoms. The first-order chi connectivity index (χ1) is 8.20. The summed E-state index contributed by atoms with van der Waals surface area (Å²) in [7, 11) is 3.61. The molecule has 1 aromatic carbocycles. The second kappa shape index (κ2) is 6.31. The maximum atomic E-state index is 5.31. The molecule has 0 radical (unpaired) electrons. The zero-order valence-corrected chi connectivity index (χ0v) is 11.6. The van der Waals surface area contributed by atoms with Crippen molar-refractivity contribution in [1.82, 2.24) is 9.78 Å². The van der Waals surface area contributed by atoms with Gasteiger partial charge in [0.2, 0.25) is 0 Å². The van der Waals surface area contributed by atoms with Crippen molar-refractivity contribution in [3.63, 3.8) is 0 Å². The van der Waals surface area contributed by atoms with E-state index < -0.39 is 0 Å². The number of aryl methyl sites for hydroxylation is 2. The molecule has 0 spiro atoms. The van der Waals surface area contributed by atoms with E-state index in [2.05, 4.69) is 16.5 Å². The molecule has 1 N–H and O–H groups in total. The topological polar surface area (TPSA) is 39.1 Å². The van der Waals surface area contributed by atoms with Gasteiger partial charge in [0, 0.05) is 25.4 Å². The lowest BCUT2D eigenvalue weighted by Gasteiger charge is -2.09. The summed E-state index contributed by atoms with van der Waals surface area (Å²) in [5.74, 6) is 0.904. The van der Waals surface area contributed by atoms with E-state index in [0.29, 0.717) is 0 Å². The lowest BCUT2D eigenvalue weighted by Crippen LogP contribution is -2.01. The van der Waals surface area contributed by atoms with Crippen LogP contribution in [0.1, 0.15) is 11.3 Å². The Morgan fingerprint density at radius 2 is 2.06 bits per heavy atom. The molecule has 0 saturated heterocycles. The molecule has 0 aliphatic carbocycles. The first kappa shape index (κ1) is 14.4. The highest BCUT2D eigenvalue weighted by atomic mass is 35.5. The largest absolute Gasteiger partial charge is 0.496 e. The molecule has 0 atom stereocenters. The van der Waals surface area contributed by atoms with E-state index in [-0.39, 0.29) is 12.4 Å². The first-order valence-electron chi connectivity index (χ1n) is 5.56. The summed E-state index contributed by atoms with van der Waals surface area (Å²) < 4.78 is 7.11. The summed E-state index contributed by atoms with van der Waals surface area (Å²) in [6, 6.07) is 8.00. The smallest absolute Gasteiger partial charge is 0.123 e. The van der Waals surface area contributed by atoms with Gasteiger partial charge in [-0.05, 0) is 13.0 Å². The second-order valence-corrected chi connectivity index (χ2v) is 3.97. The Hall–Kier alpha value is -1.68. The van der Waals surface area contributed by atoms with E-state index in [1.807, 2.05) is 38.4 Å². The van der Waals surface area contributed by atoms with Crippen LogP contribution in [0.3, 0.4) is 0 Å². The highest BCUT2D eigenvalue weighted by Gasteiger charge is 2.04. The molecule has 2 aromatic rings. The third-order valence-electron chi connectivity index (χ3n) is 2.68. The summed E-state index contributed by atoms with van der Waals surface area (Å²) in [4.78, 5) is 0. The molecule has 1 heterocycles. The van der Waals surface area contributed by atoms with Crippen LogP contribution in [0.5, 0.6) is 5.75 Å². The number of nitrogens with zero attached hydrogens (tertiary/aromatic N) is 2. The average molecular weight is 268 g/mol. The average Bonchev–Trinajstić information content (AvgIpc) is 2.65. The summed E-state index contributed by atoms with van der Waals surface area (Å²) >= 11 is 0. The molecule has 4 nitrogen and oxygen atoms in total. The number of nitrogens with one attached hydrogen (secondary N) is 1. The highest BCUT2D eigenvalue weighted by molar-refractivity contribution is 5.85. The van der Waals surface area contributed by atoms with Crippen molar-refractivity contribution in [1.29, 1.82) is 0 Å². The van der Waals surface area contributed by atoms with Gasteiger partial charge in [0.25, 0.3) is 0 Å². The van der Waals surface area contributed by atoms with Crippen LogP contribution in [0.2, 0.25) is 0 Å². The molecule has 98 valence electrons. The third-order valence-corrected chi connectivity index (χ3v) is 2.68. The van der Waals surface area contributed by atoms with Gasteiger partial charge < -0.3 is 10.1 Å². The van der Waals surface area contributed by atoms with Gasteiger partial charge in [0.05, 0.1) is 18.5 Å². The Balaban J connectivity index is 0.00000162. The lowest BCUT2D eigenvalue weighted by molar-refractivity contribution is 0.410. The fourth-order valence-electron chi connectivity index (χ4n) is 1.81. The van der Waals surface area contributed by atoms with Crippen LogP contribution >= 0.6 is 12.4 Å².